The first-order chi connectivity index (χ1) is 14.0. The van der Waals surface area contributed by atoms with E-state index in [-0.39, 0.29) is 27.5 Å². The highest BCUT2D eigenvalue weighted by Crippen LogP contribution is 2.34. The summed E-state index contributed by atoms with van der Waals surface area (Å²) in [5.74, 6) is -0.0803. The van der Waals surface area contributed by atoms with Crippen LogP contribution in [0.2, 0.25) is 0 Å². The molecule has 158 valence electrons. The number of nitrogen functional groups attached to an aromatic ring is 1. The molecule has 0 spiro atoms. The summed E-state index contributed by atoms with van der Waals surface area (Å²) >= 11 is -1.53. The fourth-order valence-corrected chi connectivity index (χ4v) is 4.23. The highest BCUT2D eigenvalue weighted by Gasteiger charge is 2.25. The van der Waals surface area contributed by atoms with Crippen molar-refractivity contribution in [1.29, 1.82) is 0 Å². The van der Waals surface area contributed by atoms with Crippen LogP contribution in [-0.4, -0.2) is 45.2 Å². The lowest BCUT2D eigenvalue weighted by molar-refractivity contribution is 0.504. The number of nitrogens with two attached hydrogens (primary N) is 1. The molecule has 1 atom stereocenters. The number of benzene rings is 1. The van der Waals surface area contributed by atoms with Gasteiger partial charge in [0.05, 0.1) is 16.6 Å². The molecule has 2 aromatic heterocycles. The Bertz CT molecular complexity index is 1250. The number of nitrogens with zero attached hydrogens (tertiary/aromatic N) is 4. The van der Waals surface area contributed by atoms with Gasteiger partial charge >= 0.3 is 0 Å². The van der Waals surface area contributed by atoms with Crippen molar-refractivity contribution in [3.63, 3.8) is 0 Å². The number of sulfone groups is 1. The molecule has 2 N–H and O–H groups in total. The fourth-order valence-electron chi connectivity index (χ4n) is 2.89. The molecule has 3 aromatic rings. The minimum absolute atomic E-state index is 0.0803. The van der Waals surface area contributed by atoms with Crippen LogP contribution in [0.3, 0.4) is 0 Å². The molecule has 1 unspecified atom stereocenters. The number of hydrogen-bond acceptors (Lipinski definition) is 8. The molecule has 11 heteroatoms. The molecule has 0 aliphatic carbocycles. The van der Waals surface area contributed by atoms with E-state index in [2.05, 4.69) is 15.1 Å². The summed E-state index contributed by atoms with van der Waals surface area (Å²) in [6.45, 7) is 3.64. The molecule has 0 saturated heterocycles. The van der Waals surface area contributed by atoms with E-state index in [0.29, 0.717) is 22.5 Å². The molecule has 3 rings (SSSR count). The zero-order chi connectivity index (χ0) is 22.2. The highest BCUT2D eigenvalue weighted by molar-refractivity contribution is 7.91. The Balaban J connectivity index is 2.32. The van der Waals surface area contributed by atoms with Crippen molar-refractivity contribution >= 4 is 27.0 Å². The van der Waals surface area contributed by atoms with Crippen LogP contribution in [0.15, 0.2) is 51.1 Å². The van der Waals surface area contributed by atoms with E-state index >= 15 is 0 Å². The molecular formula is C19H21N5O4S2. The summed E-state index contributed by atoms with van der Waals surface area (Å²) in [6, 6.07) is 8.78. The highest BCUT2D eigenvalue weighted by atomic mass is 32.2. The molecule has 1 aromatic carbocycles. The van der Waals surface area contributed by atoms with E-state index in [0.717, 1.165) is 6.26 Å². The minimum Gasteiger partial charge on any atom is -0.610 e. The average Bonchev–Trinajstić information content (AvgIpc) is 2.67. The smallest absolute Gasteiger partial charge is 0.267 e. The van der Waals surface area contributed by atoms with Gasteiger partial charge in [-0.2, -0.15) is 10.1 Å². The van der Waals surface area contributed by atoms with Crippen LogP contribution in [0.4, 0.5) is 5.95 Å². The SMILES string of the molecule is CC(C)n1nc(-c2c(-c3ccc(S(C)(=O)=O)cc3)nc(N)nc2[S+](C)[O-])ccc1=O. The third-order valence-electron chi connectivity index (χ3n) is 4.29. The lowest BCUT2D eigenvalue weighted by atomic mass is 10.0. The maximum atomic E-state index is 12.4. The molecule has 0 aliphatic rings. The number of anilines is 1. The van der Waals surface area contributed by atoms with Gasteiger partial charge in [0.1, 0.15) is 17.5 Å². The van der Waals surface area contributed by atoms with Gasteiger partial charge in [0, 0.05) is 29.1 Å². The largest absolute Gasteiger partial charge is 0.610 e. The van der Waals surface area contributed by atoms with Crippen LogP contribution in [-0.2, 0) is 21.0 Å². The topological polar surface area (TPSA) is 144 Å². The van der Waals surface area contributed by atoms with Crippen molar-refractivity contribution in [2.24, 2.45) is 0 Å². The van der Waals surface area contributed by atoms with E-state index in [9.17, 15) is 17.8 Å². The second-order valence-corrected chi connectivity index (χ2v) is 10.3. The van der Waals surface area contributed by atoms with Gasteiger partial charge in [0.2, 0.25) is 5.95 Å². The molecule has 0 saturated carbocycles. The van der Waals surface area contributed by atoms with Crippen molar-refractivity contribution in [3.8, 4) is 22.5 Å². The standard InChI is InChI=1S/C19H21N5O4S2/c1-11(2)24-15(25)10-9-14(23-24)16-17(21-19(20)22-18(16)29(3)26)12-5-7-13(8-6-12)30(4,27)28/h5-11H,1-4H3,(H2,20,21,22). The third-order valence-corrected chi connectivity index (χ3v) is 6.26. The van der Waals surface area contributed by atoms with Crippen LogP contribution < -0.4 is 11.3 Å². The molecule has 0 fully saturated rings. The molecule has 0 bridgehead atoms. The van der Waals surface area contributed by atoms with Gasteiger partial charge in [-0.05, 0) is 32.0 Å². The normalized spacial score (nSPS) is 12.9. The number of rotatable bonds is 5. The van der Waals surface area contributed by atoms with Crippen LogP contribution >= 0.6 is 0 Å². The maximum absolute atomic E-state index is 12.4. The van der Waals surface area contributed by atoms with Gasteiger partial charge in [-0.25, -0.2) is 18.1 Å². The number of hydrogen-bond donors (Lipinski definition) is 1. The first-order valence-corrected chi connectivity index (χ1v) is 12.4. The quantitative estimate of drug-likeness (QED) is 0.459. The summed E-state index contributed by atoms with van der Waals surface area (Å²) in [7, 11) is -3.37. The Morgan fingerprint density at radius 2 is 1.73 bits per heavy atom. The van der Waals surface area contributed by atoms with Crippen LogP contribution in [0, 0.1) is 0 Å². The maximum Gasteiger partial charge on any atom is 0.267 e. The van der Waals surface area contributed by atoms with Crippen LogP contribution in [0.5, 0.6) is 0 Å². The predicted octanol–water partition coefficient (Wildman–Crippen LogP) is 1.67. The third kappa shape index (κ3) is 4.37. The summed E-state index contributed by atoms with van der Waals surface area (Å²) < 4.78 is 37.3. The average molecular weight is 448 g/mol. The summed E-state index contributed by atoms with van der Waals surface area (Å²) in [4.78, 5) is 20.7. The zero-order valence-corrected chi connectivity index (χ0v) is 18.5. The van der Waals surface area contributed by atoms with Crippen LogP contribution in [0.1, 0.15) is 19.9 Å². The molecule has 9 nitrogen and oxygen atoms in total. The van der Waals surface area contributed by atoms with Crippen molar-refractivity contribution in [3.05, 3.63) is 46.8 Å². The van der Waals surface area contributed by atoms with E-state index in [1.54, 1.807) is 12.1 Å². The molecule has 0 aliphatic heterocycles. The minimum atomic E-state index is -3.37. The first-order valence-electron chi connectivity index (χ1n) is 8.90. The van der Waals surface area contributed by atoms with Crippen molar-refractivity contribution in [1.82, 2.24) is 19.7 Å². The second kappa shape index (κ2) is 8.17. The van der Waals surface area contributed by atoms with Gasteiger partial charge < -0.3 is 10.3 Å². The Kier molecular flexibility index (Phi) is 5.97. The van der Waals surface area contributed by atoms with Gasteiger partial charge in [0.15, 0.2) is 9.84 Å². The predicted molar refractivity (Wildman–Crippen MR) is 115 cm³/mol. The van der Waals surface area contributed by atoms with Gasteiger partial charge in [0.25, 0.3) is 10.6 Å². The Hall–Kier alpha value is -2.76. The fraction of sp³-hybridized carbons (Fsp3) is 0.263. The van der Waals surface area contributed by atoms with Crippen molar-refractivity contribution in [2.75, 3.05) is 18.2 Å². The molecule has 0 amide bonds. The first kappa shape index (κ1) is 21.9. The molecule has 2 heterocycles. The van der Waals surface area contributed by atoms with Crippen LogP contribution in [0.25, 0.3) is 22.5 Å². The van der Waals surface area contributed by atoms with Gasteiger partial charge in [-0.3, -0.25) is 4.79 Å². The Morgan fingerprint density at radius 1 is 1.10 bits per heavy atom. The molecular weight excluding hydrogens is 426 g/mol. The summed E-state index contributed by atoms with van der Waals surface area (Å²) in [5.41, 5.74) is 7.19. The van der Waals surface area contributed by atoms with E-state index in [1.165, 1.54) is 35.2 Å². The molecule has 0 radical (unpaired) electrons. The number of aromatic nitrogens is 4. The van der Waals surface area contributed by atoms with Crippen molar-refractivity contribution in [2.45, 2.75) is 29.8 Å². The lowest BCUT2D eigenvalue weighted by Crippen LogP contribution is -2.24. The Labute approximate surface area is 177 Å². The van der Waals surface area contributed by atoms with Gasteiger partial charge in [-0.1, -0.05) is 12.1 Å². The van der Waals surface area contributed by atoms with Gasteiger partial charge in [-0.15, -0.1) is 0 Å². The summed E-state index contributed by atoms with van der Waals surface area (Å²) in [5, 5.41) is 4.58. The van der Waals surface area contributed by atoms with Crippen molar-refractivity contribution < 1.29 is 13.0 Å². The van der Waals surface area contributed by atoms with E-state index < -0.39 is 21.0 Å². The lowest BCUT2D eigenvalue weighted by Gasteiger charge is -2.16. The second-order valence-electron chi connectivity index (χ2n) is 6.96. The monoisotopic (exact) mass is 447 g/mol. The zero-order valence-electron chi connectivity index (χ0n) is 16.9. The van der Waals surface area contributed by atoms with E-state index in [4.69, 9.17) is 5.73 Å². The Morgan fingerprint density at radius 3 is 2.27 bits per heavy atom. The summed E-state index contributed by atoms with van der Waals surface area (Å²) in [6.07, 6.45) is 2.58. The molecule has 30 heavy (non-hydrogen) atoms. The van der Waals surface area contributed by atoms with E-state index in [1.807, 2.05) is 13.8 Å².